The van der Waals surface area contributed by atoms with Crippen molar-refractivity contribution < 1.29 is 9.53 Å². The molecule has 0 aromatic heterocycles. The predicted octanol–water partition coefficient (Wildman–Crippen LogP) is 3.90. The van der Waals surface area contributed by atoms with Crippen LogP contribution in [0.2, 0.25) is 0 Å². The van der Waals surface area contributed by atoms with Gasteiger partial charge in [-0.25, -0.2) is 0 Å². The Kier molecular flexibility index (Phi) is 7.12. The zero-order chi connectivity index (χ0) is 12.3. The number of esters is 1. The summed E-state index contributed by atoms with van der Waals surface area (Å²) in [5.74, 6) is -0.0940. The molecule has 2 heteroatoms. The molecule has 0 heterocycles. The monoisotopic (exact) mass is 233 g/mol. The van der Waals surface area contributed by atoms with Crippen LogP contribution in [0.15, 0.2) is 30.3 Å². The van der Waals surface area contributed by atoms with Gasteiger partial charge in [-0.2, -0.15) is 0 Å². The second-order valence-electron chi connectivity index (χ2n) is 4.16. The fourth-order valence-corrected chi connectivity index (χ4v) is 1.61. The molecular formula is C15H21O2. The number of rotatable bonds is 8. The third-order valence-electron chi connectivity index (χ3n) is 2.62. The number of unbranched alkanes of at least 4 members (excludes halogenated alkanes) is 4. The maximum absolute atomic E-state index is 11.4. The van der Waals surface area contributed by atoms with Crippen LogP contribution in [0.25, 0.3) is 0 Å². The van der Waals surface area contributed by atoms with Crippen molar-refractivity contribution in [3.8, 4) is 0 Å². The summed E-state index contributed by atoms with van der Waals surface area (Å²) >= 11 is 0. The molecule has 0 N–H and O–H groups in total. The van der Waals surface area contributed by atoms with Crippen molar-refractivity contribution >= 4 is 5.97 Å². The van der Waals surface area contributed by atoms with Crippen LogP contribution in [0.4, 0.5) is 0 Å². The topological polar surface area (TPSA) is 26.3 Å². The lowest BCUT2D eigenvalue weighted by Gasteiger charge is -2.04. The van der Waals surface area contributed by atoms with Crippen molar-refractivity contribution in [3.05, 3.63) is 42.8 Å². The quantitative estimate of drug-likeness (QED) is 0.502. The molecule has 0 saturated carbocycles. The highest BCUT2D eigenvalue weighted by Crippen LogP contribution is 2.07. The van der Waals surface area contributed by atoms with Crippen molar-refractivity contribution in [1.82, 2.24) is 0 Å². The number of hydrogen-bond acceptors (Lipinski definition) is 2. The fraction of sp³-hybridized carbons (Fsp3) is 0.467. The van der Waals surface area contributed by atoms with E-state index in [1.165, 1.54) is 0 Å². The van der Waals surface area contributed by atoms with Gasteiger partial charge in [0, 0.05) is 6.42 Å². The van der Waals surface area contributed by atoms with Gasteiger partial charge in [-0.3, -0.25) is 4.79 Å². The highest BCUT2D eigenvalue weighted by molar-refractivity contribution is 5.69. The molecule has 0 fully saturated rings. The van der Waals surface area contributed by atoms with E-state index in [1.54, 1.807) is 0 Å². The summed E-state index contributed by atoms with van der Waals surface area (Å²) in [4.78, 5) is 11.4. The molecule has 0 aliphatic rings. The zero-order valence-corrected chi connectivity index (χ0v) is 10.4. The molecular weight excluding hydrogens is 212 g/mol. The molecule has 0 aliphatic carbocycles. The summed E-state index contributed by atoms with van der Waals surface area (Å²) < 4.78 is 5.18. The largest absolute Gasteiger partial charge is 0.461 e. The van der Waals surface area contributed by atoms with Gasteiger partial charge in [0.2, 0.25) is 0 Å². The van der Waals surface area contributed by atoms with Crippen LogP contribution in [0.3, 0.4) is 0 Å². The fourth-order valence-electron chi connectivity index (χ4n) is 1.61. The van der Waals surface area contributed by atoms with Crippen LogP contribution in [-0.4, -0.2) is 5.97 Å². The lowest BCUT2D eigenvalue weighted by molar-refractivity contribution is -0.145. The molecule has 1 radical (unpaired) electrons. The molecule has 1 aromatic carbocycles. The Morgan fingerprint density at radius 3 is 2.47 bits per heavy atom. The molecule has 93 valence electrons. The molecule has 17 heavy (non-hydrogen) atoms. The summed E-state index contributed by atoms with van der Waals surface area (Å²) in [6, 6.07) is 9.76. The van der Waals surface area contributed by atoms with E-state index in [2.05, 4.69) is 6.92 Å². The lowest BCUT2D eigenvalue weighted by atomic mass is 10.1. The maximum atomic E-state index is 11.4. The molecule has 0 atom stereocenters. The van der Waals surface area contributed by atoms with Crippen LogP contribution in [0, 0.1) is 6.92 Å². The normalized spacial score (nSPS) is 10.2. The highest BCUT2D eigenvalue weighted by Gasteiger charge is 2.02. The summed E-state index contributed by atoms with van der Waals surface area (Å²) in [5, 5.41) is 0. The number of hydrogen-bond donors (Lipinski definition) is 0. The molecule has 1 aromatic rings. The number of carbonyl (C=O) groups excluding carboxylic acids is 1. The first kappa shape index (κ1) is 13.8. The average Bonchev–Trinajstić information content (AvgIpc) is 2.37. The van der Waals surface area contributed by atoms with E-state index in [1.807, 2.05) is 30.3 Å². The molecule has 0 unspecified atom stereocenters. The van der Waals surface area contributed by atoms with Gasteiger partial charge in [0.15, 0.2) is 0 Å². The Morgan fingerprint density at radius 2 is 1.76 bits per heavy atom. The minimum absolute atomic E-state index is 0.0940. The first-order valence-electron chi connectivity index (χ1n) is 6.31. The summed E-state index contributed by atoms with van der Waals surface area (Å²) in [7, 11) is 0. The first-order chi connectivity index (χ1) is 8.33. The SMILES string of the molecule is [CH2]CCCCCCC(=O)OCc1ccccc1. The van der Waals surface area contributed by atoms with Crippen LogP contribution in [0.1, 0.15) is 44.1 Å². The molecule has 2 nitrogen and oxygen atoms in total. The van der Waals surface area contributed by atoms with Crippen molar-refractivity contribution in [2.75, 3.05) is 0 Å². The van der Waals surface area contributed by atoms with Gasteiger partial charge in [0.05, 0.1) is 0 Å². The molecule has 0 amide bonds. The van der Waals surface area contributed by atoms with E-state index in [0.29, 0.717) is 13.0 Å². The van der Waals surface area contributed by atoms with Crippen LogP contribution in [-0.2, 0) is 16.1 Å². The zero-order valence-electron chi connectivity index (χ0n) is 10.4. The third-order valence-corrected chi connectivity index (χ3v) is 2.62. The Hall–Kier alpha value is -1.31. The van der Waals surface area contributed by atoms with E-state index in [-0.39, 0.29) is 5.97 Å². The number of benzene rings is 1. The lowest BCUT2D eigenvalue weighted by Crippen LogP contribution is -2.04. The van der Waals surface area contributed by atoms with Gasteiger partial charge in [-0.15, -0.1) is 0 Å². The predicted molar refractivity (Wildman–Crippen MR) is 69.3 cm³/mol. The van der Waals surface area contributed by atoms with Crippen LogP contribution < -0.4 is 0 Å². The summed E-state index contributed by atoms with van der Waals surface area (Å²) in [6.07, 6.45) is 5.85. The van der Waals surface area contributed by atoms with Crippen LogP contribution in [0.5, 0.6) is 0 Å². The van der Waals surface area contributed by atoms with E-state index in [4.69, 9.17) is 4.74 Å². The van der Waals surface area contributed by atoms with Gasteiger partial charge >= 0.3 is 5.97 Å². The average molecular weight is 233 g/mol. The smallest absolute Gasteiger partial charge is 0.306 e. The third kappa shape index (κ3) is 6.77. The summed E-state index contributed by atoms with van der Waals surface area (Å²) in [5.41, 5.74) is 1.04. The summed E-state index contributed by atoms with van der Waals surface area (Å²) in [6.45, 7) is 4.18. The van der Waals surface area contributed by atoms with Crippen molar-refractivity contribution in [3.63, 3.8) is 0 Å². The van der Waals surface area contributed by atoms with E-state index in [9.17, 15) is 4.79 Å². The Bertz CT molecular complexity index is 306. The Balaban J connectivity index is 2.05. The maximum Gasteiger partial charge on any atom is 0.306 e. The van der Waals surface area contributed by atoms with E-state index in [0.717, 1.165) is 37.7 Å². The molecule has 0 bridgehead atoms. The minimum atomic E-state index is -0.0940. The number of ether oxygens (including phenoxy) is 1. The van der Waals surface area contributed by atoms with E-state index < -0.39 is 0 Å². The molecule has 1 rings (SSSR count). The van der Waals surface area contributed by atoms with Gasteiger partial charge in [0.25, 0.3) is 0 Å². The minimum Gasteiger partial charge on any atom is -0.461 e. The number of carbonyl (C=O) groups is 1. The second-order valence-corrected chi connectivity index (χ2v) is 4.16. The van der Waals surface area contributed by atoms with Gasteiger partial charge < -0.3 is 4.74 Å². The van der Waals surface area contributed by atoms with Crippen molar-refractivity contribution in [2.24, 2.45) is 0 Å². The standard InChI is InChI=1S/C15H21O2/c1-2-3-4-5-9-12-15(16)17-13-14-10-7-6-8-11-14/h6-8,10-11H,1-5,9,12-13H2. The van der Waals surface area contributed by atoms with Crippen molar-refractivity contribution in [1.29, 1.82) is 0 Å². The first-order valence-corrected chi connectivity index (χ1v) is 6.31. The Morgan fingerprint density at radius 1 is 1.06 bits per heavy atom. The van der Waals surface area contributed by atoms with Gasteiger partial charge in [0.1, 0.15) is 6.61 Å². The Labute approximate surface area is 104 Å². The van der Waals surface area contributed by atoms with Crippen molar-refractivity contribution in [2.45, 2.75) is 45.1 Å². The van der Waals surface area contributed by atoms with Gasteiger partial charge in [-0.1, -0.05) is 62.9 Å². The molecule has 0 aliphatic heterocycles. The van der Waals surface area contributed by atoms with Crippen LogP contribution >= 0.6 is 0 Å². The molecule has 0 spiro atoms. The highest BCUT2D eigenvalue weighted by atomic mass is 16.5. The van der Waals surface area contributed by atoms with E-state index >= 15 is 0 Å². The molecule has 0 saturated heterocycles. The second kappa shape index (κ2) is 8.80. The van der Waals surface area contributed by atoms with Gasteiger partial charge in [-0.05, 0) is 12.0 Å².